The van der Waals surface area contributed by atoms with Crippen LogP contribution in [0.4, 0.5) is 0 Å². The maximum Gasteiger partial charge on any atom is 0.0705 e. The van der Waals surface area contributed by atoms with Crippen molar-refractivity contribution in [3.8, 4) is 0 Å². The van der Waals surface area contributed by atoms with E-state index in [4.69, 9.17) is 0 Å². The Bertz CT molecular complexity index is 558. The molecule has 0 saturated heterocycles. The first-order chi connectivity index (χ1) is 8.38. The van der Waals surface area contributed by atoms with Crippen LogP contribution in [0.1, 0.15) is 38.4 Å². The van der Waals surface area contributed by atoms with Crippen LogP contribution >= 0.6 is 15.9 Å². The fourth-order valence-electron chi connectivity index (χ4n) is 2.47. The highest BCUT2D eigenvalue weighted by Crippen LogP contribution is 2.32. The summed E-state index contributed by atoms with van der Waals surface area (Å²) in [5.41, 5.74) is 3.72. The molecule has 0 saturated carbocycles. The third kappa shape index (κ3) is 2.92. The van der Waals surface area contributed by atoms with Gasteiger partial charge >= 0.3 is 0 Å². The Balaban J connectivity index is 2.43. The molecule has 0 N–H and O–H groups in total. The van der Waals surface area contributed by atoms with E-state index >= 15 is 0 Å². The molecule has 0 bridgehead atoms. The van der Waals surface area contributed by atoms with E-state index in [2.05, 4.69) is 72.0 Å². The van der Waals surface area contributed by atoms with E-state index in [0.717, 1.165) is 17.6 Å². The van der Waals surface area contributed by atoms with Gasteiger partial charge in [0.1, 0.15) is 0 Å². The van der Waals surface area contributed by atoms with Crippen molar-refractivity contribution in [2.75, 3.05) is 0 Å². The molecule has 1 unspecified atom stereocenters. The molecular weight excluding hydrogens is 286 g/mol. The lowest BCUT2D eigenvalue weighted by molar-refractivity contribution is 0.483. The molecule has 2 aromatic rings. The lowest BCUT2D eigenvalue weighted by Gasteiger charge is -2.27. The number of fused-ring (bicyclic) bond motifs is 1. The molecule has 2 rings (SSSR count). The minimum Gasteiger partial charge on any atom is -0.253 e. The van der Waals surface area contributed by atoms with Crippen LogP contribution in [0.25, 0.3) is 10.9 Å². The minimum absolute atomic E-state index is 0.183. The van der Waals surface area contributed by atoms with Crippen molar-refractivity contribution in [2.24, 2.45) is 0 Å². The quantitative estimate of drug-likeness (QED) is 0.728. The summed E-state index contributed by atoms with van der Waals surface area (Å²) in [5, 5.41) is 1.23. The fourth-order valence-corrected chi connectivity index (χ4v) is 3.28. The van der Waals surface area contributed by atoms with Crippen LogP contribution in [0.3, 0.4) is 0 Å². The molecule has 1 aromatic heterocycles. The van der Waals surface area contributed by atoms with E-state index in [1.54, 1.807) is 0 Å². The first-order valence-corrected chi connectivity index (χ1v) is 7.32. The summed E-state index contributed by atoms with van der Waals surface area (Å²) in [7, 11) is 0. The van der Waals surface area contributed by atoms with Gasteiger partial charge in [0.05, 0.1) is 5.52 Å². The van der Waals surface area contributed by atoms with E-state index in [-0.39, 0.29) is 5.41 Å². The molecule has 0 radical (unpaired) electrons. The zero-order valence-electron chi connectivity index (χ0n) is 11.5. The van der Waals surface area contributed by atoms with Gasteiger partial charge < -0.3 is 0 Å². The Labute approximate surface area is 118 Å². The second-order valence-electron chi connectivity index (χ2n) is 5.73. The van der Waals surface area contributed by atoms with Crippen LogP contribution in [0, 0.1) is 6.92 Å². The van der Waals surface area contributed by atoms with Gasteiger partial charge in [-0.3, -0.25) is 4.98 Å². The Morgan fingerprint density at radius 2 is 1.94 bits per heavy atom. The summed E-state index contributed by atoms with van der Waals surface area (Å²) in [6, 6.07) is 10.9. The molecule has 0 fully saturated rings. The SMILES string of the molecule is Cc1ccc2cc(C(C)(C)CC(C)Br)ccc2n1. The number of nitrogens with zero attached hydrogens (tertiary/aromatic N) is 1. The van der Waals surface area contributed by atoms with Crippen LogP contribution in [0.15, 0.2) is 30.3 Å². The third-order valence-electron chi connectivity index (χ3n) is 3.40. The highest BCUT2D eigenvalue weighted by atomic mass is 79.9. The standard InChI is InChI=1S/C16H20BrN/c1-11(17)10-16(3,4)14-7-8-15-13(9-14)6-5-12(2)18-15/h5-9,11H,10H2,1-4H3. The normalized spacial score (nSPS) is 13.8. The van der Waals surface area contributed by atoms with Crippen molar-refractivity contribution >= 4 is 26.8 Å². The number of aromatic nitrogens is 1. The molecule has 96 valence electrons. The summed E-state index contributed by atoms with van der Waals surface area (Å²) < 4.78 is 0. The predicted molar refractivity (Wildman–Crippen MR) is 82.5 cm³/mol. The molecule has 1 nitrogen and oxygen atoms in total. The number of hydrogen-bond donors (Lipinski definition) is 0. The Morgan fingerprint density at radius 3 is 2.61 bits per heavy atom. The topological polar surface area (TPSA) is 12.9 Å². The molecule has 2 heteroatoms. The monoisotopic (exact) mass is 305 g/mol. The zero-order chi connectivity index (χ0) is 13.3. The average Bonchev–Trinajstić information content (AvgIpc) is 2.26. The van der Waals surface area contributed by atoms with Gasteiger partial charge in [0.25, 0.3) is 0 Å². The van der Waals surface area contributed by atoms with Crippen molar-refractivity contribution in [2.45, 2.75) is 44.4 Å². The molecule has 1 heterocycles. The number of rotatable bonds is 3. The molecule has 1 atom stereocenters. The summed E-state index contributed by atoms with van der Waals surface area (Å²) >= 11 is 3.65. The first kappa shape index (κ1) is 13.5. The molecule has 0 amide bonds. The first-order valence-electron chi connectivity index (χ1n) is 6.40. The van der Waals surface area contributed by atoms with Gasteiger partial charge in [-0.05, 0) is 42.5 Å². The smallest absolute Gasteiger partial charge is 0.0705 e. The van der Waals surface area contributed by atoms with Gasteiger partial charge in [0.2, 0.25) is 0 Å². The van der Waals surface area contributed by atoms with Crippen LogP contribution in [0.2, 0.25) is 0 Å². The van der Waals surface area contributed by atoms with Gasteiger partial charge in [0.15, 0.2) is 0 Å². The third-order valence-corrected chi connectivity index (χ3v) is 3.73. The van der Waals surface area contributed by atoms with Crippen molar-refractivity contribution in [3.63, 3.8) is 0 Å². The van der Waals surface area contributed by atoms with E-state index < -0.39 is 0 Å². The lowest BCUT2D eigenvalue weighted by Crippen LogP contribution is -2.20. The minimum atomic E-state index is 0.183. The Morgan fingerprint density at radius 1 is 1.22 bits per heavy atom. The maximum atomic E-state index is 4.55. The van der Waals surface area contributed by atoms with Gasteiger partial charge in [-0.15, -0.1) is 0 Å². The molecule has 1 aromatic carbocycles. The van der Waals surface area contributed by atoms with Crippen LogP contribution < -0.4 is 0 Å². The van der Waals surface area contributed by atoms with Gasteiger partial charge in [-0.25, -0.2) is 0 Å². The van der Waals surface area contributed by atoms with Crippen molar-refractivity contribution in [3.05, 3.63) is 41.6 Å². The highest BCUT2D eigenvalue weighted by molar-refractivity contribution is 9.09. The molecule has 0 spiro atoms. The van der Waals surface area contributed by atoms with Crippen molar-refractivity contribution in [1.29, 1.82) is 0 Å². The predicted octanol–water partition coefficient (Wildman–Crippen LogP) is 4.99. The van der Waals surface area contributed by atoms with Crippen LogP contribution in [-0.2, 0) is 5.41 Å². The highest BCUT2D eigenvalue weighted by Gasteiger charge is 2.22. The molecule has 0 aliphatic carbocycles. The molecule has 0 aliphatic rings. The molecule has 0 aliphatic heterocycles. The maximum absolute atomic E-state index is 4.55. The molecule has 18 heavy (non-hydrogen) atoms. The second kappa shape index (κ2) is 5.00. The Kier molecular flexibility index (Phi) is 3.76. The Hall–Kier alpha value is -0.890. The number of pyridine rings is 1. The van der Waals surface area contributed by atoms with Gasteiger partial charge in [-0.1, -0.05) is 48.8 Å². The average molecular weight is 306 g/mol. The van der Waals surface area contributed by atoms with Gasteiger partial charge in [-0.2, -0.15) is 0 Å². The van der Waals surface area contributed by atoms with Crippen molar-refractivity contribution in [1.82, 2.24) is 4.98 Å². The number of halogens is 1. The number of hydrogen-bond acceptors (Lipinski definition) is 1. The second-order valence-corrected chi connectivity index (χ2v) is 7.29. The summed E-state index contributed by atoms with van der Waals surface area (Å²) in [6.45, 7) is 8.83. The van der Waals surface area contributed by atoms with E-state index in [1.807, 2.05) is 6.92 Å². The van der Waals surface area contributed by atoms with E-state index in [1.165, 1.54) is 10.9 Å². The zero-order valence-corrected chi connectivity index (χ0v) is 13.1. The van der Waals surface area contributed by atoms with Gasteiger partial charge in [0, 0.05) is 15.9 Å². The number of alkyl halides is 1. The van der Waals surface area contributed by atoms with E-state index in [9.17, 15) is 0 Å². The summed E-state index contributed by atoms with van der Waals surface area (Å²) in [5.74, 6) is 0. The summed E-state index contributed by atoms with van der Waals surface area (Å²) in [4.78, 5) is 5.08. The fraction of sp³-hybridized carbons (Fsp3) is 0.438. The van der Waals surface area contributed by atoms with Crippen molar-refractivity contribution < 1.29 is 0 Å². The number of aryl methyl sites for hydroxylation is 1. The van der Waals surface area contributed by atoms with Crippen LogP contribution in [0.5, 0.6) is 0 Å². The number of benzene rings is 1. The lowest BCUT2D eigenvalue weighted by atomic mass is 9.80. The molecular formula is C16H20BrN. The largest absolute Gasteiger partial charge is 0.253 e. The van der Waals surface area contributed by atoms with Crippen LogP contribution in [-0.4, -0.2) is 9.81 Å². The van der Waals surface area contributed by atoms with E-state index in [0.29, 0.717) is 4.83 Å². The summed E-state index contributed by atoms with van der Waals surface area (Å²) in [6.07, 6.45) is 1.12.